The van der Waals surface area contributed by atoms with E-state index >= 15 is 0 Å². The molecule has 0 radical (unpaired) electrons. The van der Waals surface area contributed by atoms with E-state index in [1.165, 1.54) is 11.5 Å². The zero-order valence-corrected chi connectivity index (χ0v) is 12.7. The molecular weight excluding hydrogens is 290 g/mol. The van der Waals surface area contributed by atoms with E-state index in [-0.39, 0.29) is 5.82 Å². The van der Waals surface area contributed by atoms with Crippen LogP contribution in [-0.4, -0.2) is 33.0 Å². The Morgan fingerprint density at radius 2 is 2.38 bits per heavy atom. The Kier molecular flexibility index (Phi) is 5.56. The van der Waals surface area contributed by atoms with Gasteiger partial charge in [0.2, 0.25) is 0 Å². The molecule has 0 spiro atoms. The Morgan fingerprint density at radius 1 is 1.52 bits per heavy atom. The summed E-state index contributed by atoms with van der Waals surface area (Å²) in [6.45, 7) is 3.76. The lowest BCUT2D eigenvalue weighted by Gasteiger charge is -2.07. The third-order valence-electron chi connectivity index (χ3n) is 2.89. The predicted molar refractivity (Wildman–Crippen MR) is 82.4 cm³/mol. The van der Waals surface area contributed by atoms with E-state index in [4.69, 9.17) is 10.5 Å². The number of unbranched alkanes of at least 4 members (excludes halogenated alkanes) is 1. The number of esters is 1. The summed E-state index contributed by atoms with van der Waals surface area (Å²) in [6.07, 6.45) is 7.50. The van der Waals surface area contributed by atoms with Gasteiger partial charge in [0.1, 0.15) is 10.6 Å². The van der Waals surface area contributed by atoms with Gasteiger partial charge >= 0.3 is 5.97 Å². The molecule has 0 amide bonds. The molecule has 3 N–H and O–H groups in total. The van der Waals surface area contributed by atoms with E-state index in [0.29, 0.717) is 17.2 Å². The zero-order chi connectivity index (χ0) is 15.1. The first-order valence-corrected chi connectivity index (χ1v) is 7.61. The molecule has 21 heavy (non-hydrogen) atoms. The van der Waals surface area contributed by atoms with E-state index in [1.54, 1.807) is 19.4 Å². The number of anilines is 2. The highest BCUT2D eigenvalue weighted by molar-refractivity contribution is 7.11. The maximum absolute atomic E-state index is 11.8. The maximum Gasteiger partial charge on any atom is 0.344 e. The minimum Gasteiger partial charge on any atom is -0.462 e. The highest BCUT2D eigenvalue weighted by atomic mass is 32.1. The van der Waals surface area contributed by atoms with E-state index in [1.807, 2.05) is 10.8 Å². The number of ether oxygens (including phenoxy) is 1. The van der Waals surface area contributed by atoms with Crippen molar-refractivity contribution in [2.24, 2.45) is 0 Å². The molecule has 2 rings (SSSR count). The molecule has 2 aromatic rings. The van der Waals surface area contributed by atoms with E-state index in [0.717, 1.165) is 25.9 Å². The minimum absolute atomic E-state index is 0.222. The summed E-state index contributed by atoms with van der Waals surface area (Å²) < 4.78 is 11.0. The lowest BCUT2D eigenvalue weighted by molar-refractivity contribution is 0.0529. The van der Waals surface area contributed by atoms with Crippen LogP contribution in [0, 0.1) is 0 Å². The second-order valence-electron chi connectivity index (χ2n) is 4.43. The van der Waals surface area contributed by atoms with Crippen LogP contribution in [0.1, 0.15) is 30.1 Å². The van der Waals surface area contributed by atoms with Crippen molar-refractivity contribution < 1.29 is 9.53 Å². The average Bonchev–Trinajstić information content (AvgIpc) is 3.09. The van der Waals surface area contributed by atoms with Gasteiger partial charge in [0.25, 0.3) is 0 Å². The van der Waals surface area contributed by atoms with Crippen molar-refractivity contribution in [3.63, 3.8) is 0 Å². The molecule has 0 saturated heterocycles. The second-order valence-corrected chi connectivity index (χ2v) is 5.20. The fraction of sp³-hybridized carbons (Fsp3) is 0.462. The minimum atomic E-state index is -0.426. The fourth-order valence-corrected chi connectivity index (χ4v) is 2.59. The normalized spacial score (nSPS) is 10.5. The molecular formula is C13H19N5O2S. The van der Waals surface area contributed by atoms with Crippen LogP contribution in [0.4, 0.5) is 10.8 Å². The van der Waals surface area contributed by atoms with Gasteiger partial charge in [0, 0.05) is 25.5 Å². The van der Waals surface area contributed by atoms with Crippen LogP contribution in [0.3, 0.4) is 0 Å². The average molecular weight is 309 g/mol. The Labute approximate surface area is 127 Å². The molecule has 0 aliphatic rings. The van der Waals surface area contributed by atoms with Crippen molar-refractivity contribution >= 4 is 28.3 Å². The molecule has 0 saturated carbocycles. The SMILES string of the molecule is CCOC(=O)c1c(N)nsc1NCCCCn1ccnc1. The number of nitrogens with two attached hydrogens (primary N) is 1. The molecule has 0 aliphatic carbocycles. The molecule has 0 fully saturated rings. The lowest BCUT2D eigenvalue weighted by Crippen LogP contribution is -2.10. The highest BCUT2D eigenvalue weighted by Gasteiger charge is 2.19. The van der Waals surface area contributed by atoms with Gasteiger partial charge in [-0.05, 0) is 31.3 Å². The molecule has 0 aromatic carbocycles. The quantitative estimate of drug-likeness (QED) is 0.572. The Balaban J connectivity index is 1.79. The molecule has 0 bridgehead atoms. The third kappa shape index (κ3) is 4.19. The summed E-state index contributed by atoms with van der Waals surface area (Å²) in [6, 6.07) is 0. The summed E-state index contributed by atoms with van der Waals surface area (Å²) in [4.78, 5) is 15.8. The number of aryl methyl sites for hydroxylation is 1. The number of hydrogen-bond acceptors (Lipinski definition) is 7. The second kappa shape index (κ2) is 7.63. The number of rotatable bonds is 8. The Bertz CT molecular complexity index is 567. The van der Waals surface area contributed by atoms with Gasteiger partial charge in [-0.15, -0.1) is 0 Å². The van der Waals surface area contributed by atoms with Gasteiger partial charge in [-0.1, -0.05) is 0 Å². The molecule has 2 heterocycles. The number of nitrogens with one attached hydrogen (secondary N) is 1. The summed E-state index contributed by atoms with van der Waals surface area (Å²) in [5.74, 6) is -0.205. The number of nitrogen functional groups attached to an aromatic ring is 1. The third-order valence-corrected chi connectivity index (χ3v) is 3.70. The zero-order valence-electron chi connectivity index (χ0n) is 11.9. The lowest BCUT2D eigenvalue weighted by atomic mass is 10.3. The molecule has 8 heteroatoms. The monoisotopic (exact) mass is 309 g/mol. The number of carbonyl (C=O) groups excluding carboxylic acids is 1. The van der Waals surface area contributed by atoms with Gasteiger partial charge in [0.05, 0.1) is 12.9 Å². The van der Waals surface area contributed by atoms with Crippen LogP contribution >= 0.6 is 11.5 Å². The first-order valence-electron chi connectivity index (χ1n) is 6.84. The van der Waals surface area contributed by atoms with Crippen LogP contribution < -0.4 is 11.1 Å². The van der Waals surface area contributed by atoms with Crippen molar-refractivity contribution in [1.29, 1.82) is 0 Å². The molecule has 2 aromatic heterocycles. The van der Waals surface area contributed by atoms with Crippen LogP contribution in [0.25, 0.3) is 0 Å². The van der Waals surface area contributed by atoms with Gasteiger partial charge in [-0.2, -0.15) is 4.37 Å². The van der Waals surface area contributed by atoms with Crippen LogP contribution in [0.5, 0.6) is 0 Å². The number of carbonyl (C=O) groups is 1. The van der Waals surface area contributed by atoms with E-state index in [9.17, 15) is 4.79 Å². The Morgan fingerprint density at radius 3 is 3.10 bits per heavy atom. The summed E-state index contributed by atoms with van der Waals surface area (Å²) in [5.41, 5.74) is 6.06. The largest absolute Gasteiger partial charge is 0.462 e. The smallest absolute Gasteiger partial charge is 0.344 e. The number of imidazole rings is 1. The first kappa shape index (κ1) is 15.3. The molecule has 0 aliphatic heterocycles. The van der Waals surface area contributed by atoms with Crippen LogP contribution in [0.2, 0.25) is 0 Å². The summed E-state index contributed by atoms with van der Waals surface area (Å²) in [7, 11) is 0. The summed E-state index contributed by atoms with van der Waals surface area (Å²) >= 11 is 1.18. The van der Waals surface area contributed by atoms with E-state index < -0.39 is 5.97 Å². The van der Waals surface area contributed by atoms with Gasteiger partial charge in [0.15, 0.2) is 5.82 Å². The van der Waals surface area contributed by atoms with Crippen molar-refractivity contribution in [2.75, 3.05) is 24.2 Å². The predicted octanol–water partition coefficient (Wildman–Crippen LogP) is 1.99. The Hall–Kier alpha value is -2.09. The topological polar surface area (TPSA) is 95.1 Å². The van der Waals surface area contributed by atoms with Crippen molar-refractivity contribution in [3.05, 3.63) is 24.3 Å². The summed E-state index contributed by atoms with van der Waals surface area (Å²) in [5, 5.41) is 3.88. The molecule has 0 unspecified atom stereocenters. The van der Waals surface area contributed by atoms with Crippen molar-refractivity contribution in [2.45, 2.75) is 26.3 Å². The van der Waals surface area contributed by atoms with Crippen molar-refractivity contribution in [1.82, 2.24) is 13.9 Å². The van der Waals surface area contributed by atoms with Crippen molar-refractivity contribution in [3.8, 4) is 0 Å². The number of nitrogens with zero attached hydrogens (tertiary/aromatic N) is 3. The van der Waals surface area contributed by atoms with E-state index in [2.05, 4.69) is 14.7 Å². The van der Waals surface area contributed by atoms with Gasteiger partial charge in [-0.3, -0.25) is 0 Å². The van der Waals surface area contributed by atoms with Gasteiger partial charge < -0.3 is 20.4 Å². The first-order chi connectivity index (χ1) is 10.2. The van der Waals surface area contributed by atoms with Crippen LogP contribution in [0.15, 0.2) is 18.7 Å². The number of aromatic nitrogens is 3. The fourth-order valence-electron chi connectivity index (χ4n) is 1.86. The maximum atomic E-state index is 11.8. The van der Waals surface area contributed by atoms with Gasteiger partial charge in [-0.25, -0.2) is 9.78 Å². The molecule has 7 nitrogen and oxygen atoms in total. The van der Waals surface area contributed by atoms with Crippen LogP contribution in [-0.2, 0) is 11.3 Å². The molecule has 0 atom stereocenters. The molecule has 114 valence electrons. The number of hydrogen-bond donors (Lipinski definition) is 2. The standard InChI is InChI=1S/C13H19N5O2S/c1-2-20-13(19)10-11(14)17-21-12(10)16-5-3-4-7-18-8-6-15-9-18/h6,8-9,16H,2-5,7H2,1H3,(H2,14,17). The highest BCUT2D eigenvalue weighted by Crippen LogP contribution is 2.27.